The third-order valence-electron chi connectivity index (χ3n) is 3.79. The fourth-order valence-electron chi connectivity index (χ4n) is 2.46. The van der Waals surface area contributed by atoms with Crippen LogP contribution in [0.25, 0.3) is 0 Å². The minimum atomic E-state index is -3.20. The van der Waals surface area contributed by atoms with Gasteiger partial charge in [0, 0.05) is 45.2 Å². The largest absolute Gasteiger partial charge is 0.379 e. The van der Waals surface area contributed by atoms with Gasteiger partial charge in [0.25, 0.3) is 0 Å². The third-order valence-corrected chi connectivity index (χ3v) is 5.13. The molecule has 0 unspecified atom stereocenters. The molecule has 0 aromatic heterocycles. The maximum atomic E-state index is 11.8. The first-order valence-electron chi connectivity index (χ1n) is 7.50. The van der Waals surface area contributed by atoms with E-state index < -0.39 is 10.0 Å². The van der Waals surface area contributed by atoms with Gasteiger partial charge >= 0.3 is 0 Å². The summed E-state index contributed by atoms with van der Waals surface area (Å²) in [6.45, 7) is 5.00. The third kappa shape index (κ3) is 5.90. The molecule has 1 amide bonds. The normalized spacial score (nSPS) is 20.7. The number of ether oxygens (including phenoxy) is 1. The fraction of sp³-hybridized carbons (Fsp3) is 0.923. The highest BCUT2D eigenvalue weighted by atomic mass is 32.2. The van der Waals surface area contributed by atoms with Gasteiger partial charge < -0.3 is 10.1 Å². The van der Waals surface area contributed by atoms with Crippen molar-refractivity contribution in [2.75, 3.05) is 52.2 Å². The summed E-state index contributed by atoms with van der Waals surface area (Å²) in [7, 11) is -3.20. The molecule has 7 nitrogen and oxygen atoms in total. The maximum absolute atomic E-state index is 11.8. The second-order valence-electron chi connectivity index (χ2n) is 5.66. The number of rotatable bonds is 8. The van der Waals surface area contributed by atoms with Crippen molar-refractivity contribution < 1.29 is 17.9 Å². The highest BCUT2D eigenvalue weighted by Crippen LogP contribution is 2.28. The summed E-state index contributed by atoms with van der Waals surface area (Å²) in [5.41, 5.74) is 0. The lowest BCUT2D eigenvalue weighted by atomic mass is 10.3. The molecule has 1 aliphatic heterocycles. The van der Waals surface area contributed by atoms with Gasteiger partial charge in [0.15, 0.2) is 0 Å². The first kappa shape index (κ1) is 16.7. The van der Waals surface area contributed by atoms with Crippen molar-refractivity contribution in [3.8, 4) is 0 Å². The Hall–Kier alpha value is -0.700. The number of amides is 1. The molecule has 0 aromatic carbocycles. The molecular weight excluding hydrogens is 294 g/mol. The minimum absolute atomic E-state index is 0.0856. The topological polar surface area (TPSA) is 79.0 Å². The van der Waals surface area contributed by atoms with Crippen molar-refractivity contribution in [1.29, 1.82) is 0 Å². The average molecular weight is 319 g/mol. The summed E-state index contributed by atoms with van der Waals surface area (Å²) in [6, 6.07) is 0.112. The Kier molecular flexibility index (Phi) is 5.98. The molecule has 0 radical (unpaired) electrons. The van der Waals surface area contributed by atoms with Gasteiger partial charge in [0.05, 0.1) is 19.5 Å². The van der Waals surface area contributed by atoms with Crippen molar-refractivity contribution in [2.45, 2.75) is 25.3 Å². The van der Waals surface area contributed by atoms with Gasteiger partial charge in [-0.3, -0.25) is 9.69 Å². The van der Waals surface area contributed by atoms with Crippen LogP contribution in [0.1, 0.15) is 19.3 Å². The van der Waals surface area contributed by atoms with Gasteiger partial charge in [0.2, 0.25) is 15.9 Å². The lowest BCUT2D eigenvalue weighted by molar-refractivity contribution is -0.121. The summed E-state index contributed by atoms with van der Waals surface area (Å²) in [6.07, 6.45) is 3.26. The quantitative estimate of drug-likeness (QED) is 0.637. The summed E-state index contributed by atoms with van der Waals surface area (Å²) in [5, 5.41) is 2.85. The molecule has 1 aliphatic carbocycles. The van der Waals surface area contributed by atoms with Crippen molar-refractivity contribution in [3.05, 3.63) is 0 Å². The monoisotopic (exact) mass is 319 g/mol. The first-order valence-corrected chi connectivity index (χ1v) is 9.35. The molecule has 0 spiro atoms. The van der Waals surface area contributed by atoms with Crippen molar-refractivity contribution >= 4 is 15.9 Å². The number of sulfonamides is 1. The number of morpholine rings is 1. The van der Waals surface area contributed by atoms with Gasteiger partial charge in [-0.05, 0) is 12.8 Å². The Morgan fingerprint density at radius 2 is 2.00 bits per heavy atom. The SMILES string of the molecule is CS(=O)(=O)N(CCC(=O)NCCN1CCOCC1)C1CC1. The van der Waals surface area contributed by atoms with E-state index in [2.05, 4.69) is 10.2 Å². The fourth-order valence-corrected chi connectivity index (χ4v) is 3.64. The van der Waals surface area contributed by atoms with Crippen LogP contribution in [0.5, 0.6) is 0 Å². The predicted molar refractivity (Wildman–Crippen MR) is 79.5 cm³/mol. The lowest BCUT2D eigenvalue weighted by Gasteiger charge is -2.26. The zero-order valence-corrected chi connectivity index (χ0v) is 13.4. The van der Waals surface area contributed by atoms with Crippen LogP contribution in [0.2, 0.25) is 0 Å². The summed E-state index contributed by atoms with van der Waals surface area (Å²) >= 11 is 0. The van der Waals surface area contributed by atoms with E-state index in [1.807, 2.05) is 0 Å². The second-order valence-corrected chi connectivity index (χ2v) is 7.59. The standard InChI is InChI=1S/C13H25N3O4S/c1-21(18,19)16(12-2-3-12)6-4-13(17)14-5-7-15-8-10-20-11-9-15/h12H,2-11H2,1H3,(H,14,17). The van der Waals surface area contributed by atoms with Crippen LogP contribution in [0.4, 0.5) is 0 Å². The number of hydrogen-bond acceptors (Lipinski definition) is 5. The molecule has 1 saturated heterocycles. The smallest absolute Gasteiger partial charge is 0.221 e. The van der Waals surface area contributed by atoms with E-state index in [1.165, 1.54) is 10.6 Å². The molecule has 1 heterocycles. The number of carbonyl (C=O) groups is 1. The first-order chi connectivity index (χ1) is 9.97. The van der Waals surface area contributed by atoms with Gasteiger partial charge in [-0.15, -0.1) is 0 Å². The minimum Gasteiger partial charge on any atom is -0.379 e. The van der Waals surface area contributed by atoms with Crippen LogP contribution in [0.15, 0.2) is 0 Å². The maximum Gasteiger partial charge on any atom is 0.221 e. The van der Waals surface area contributed by atoms with E-state index in [4.69, 9.17) is 4.74 Å². The Morgan fingerprint density at radius 3 is 2.57 bits per heavy atom. The van der Waals surface area contributed by atoms with E-state index >= 15 is 0 Å². The lowest BCUT2D eigenvalue weighted by Crippen LogP contribution is -2.42. The zero-order valence-electron chi connectivity index (χ0n) is 12.6. The van der Waals surface area contributed by atoms with Gasteiger partial charge in [0.1, 0.15) is 0 Å². The van der Waals surface area contributed by atoms with Crippen molar-refractivity contribution in [3.63, 3.8) is 0 Å². The second kappa shape index (κ2) is 7.53. The van der Waals surface area contributed by atoms with E-state index in [9.17, 15) is 13.2 Å². The average Bonchev–Trinajstić information content (AvgIpc) is 3.23. The van der Waals surface area contributed by atoms with E-state index in [-0.39, 0.29) is 24.9 Å². The molecule has 2 rings (SSSR count). The van der Waals surface area contributed by atoms with Gasteiger partial charge in [-0.1, -0.05) is 0 Å². The number of carbonyl (C=O) groups excluding carboxylic acids is 1. The molecular formula is C13H25N3O4S. The van der Waals surface area contributed by atoms with Crippen LogP contribution in [0, 0.1) is 0 Å². The van der Waals surface area contributed by atoms with Crippen LogP contribution in [-0.4, -0.2) is 81.8 Å². The van der Waals surface area contributed by atoms with E-state index in [0.29, 0.717) is 6.54 Å². The van der Waals surface area contributed by atoms with Gasteiger partial charge in [-0.2, -0.15) is 4.31 Å². The highest BCUT2D eigenvalue weighted by Gasteiger charge is 2.34. The highest BCUT2D eigenvalue weighted by molar-refractivity contribution is 7.88. The Balaban J connectivity index is 1.62. The summed E-state index contributed by atoms with van der Waals surface area (Å²) in [4.78, 5) is 14.0. The molecule has 21 heavy (non-hydrogen) atoms. The van der Waals surface area contributed by atoms with Gasteiger partial charge in [-0.25, -0.2) is 8.42 Å². The van der Waals surface area contributed by atoms with Crippen LogP contribution in [0.3, 0.4) is 0 Å². The molecule has 122 valence electrons. The zero-order chi connectivity index (χ0) is 15.3. The number of nitrogens with one attached hydrogen (secondary N) is 1. The molecule has 2 fully saturated rings. The molecule has 0 aromatic rings. The Bertz CT molecular complexity index is 444. The van der Waals surface area contributed by atoms with Crippen LogP contribution in [-0.2, 0) is 19.6 Å². The summed E-state index contributed by atoms with van der Waals surface area (Å²) in [5.74, 6) is -0.0856. The molecule has 0 atom stereocenters. The number of hydrogen-bond donors (Lipinski definition) is 1. The molecule has 1 N–H and O–H groups in total. The van der Waals surface area contributed by atoms with Crippen LogP contribution < -0.4 is 5.32 Å². The van der Waals surface area contributed by atoms with Crippen molar-refractivity contribution in [2.24, 2.45) is 0 Å². The Labute approximate surface area is 126 Å². The summed E-state index contributed by atoms with van der Waals surface area (Å²) < 4.78 is 30.0. The Morgan fingerprint density at radius 1 is 1.33 bits per heavy atom. The molecule has 0 bridgehead atoms. The van der Waals surface area contributed by atoms with E-state index in [0.717, 1.165) is 45.7 Å². The van der Waals surface area contributed by atoms with E-state index in [1.54, 1.807) is 0 Å². The van der Waals surface area contributed by atoms with Crippen molar-refractivity contribution in [1.82, 2.24) is 14.5 Å². The predicted octanol–water partition coefficient (Wildman–Crippen LogP) is -0.751. The molecule has 8 heteroatoms. The number of nitrogens with zero attached hydrogens (tertiary/aromatic N) is 2. The molecule has 2 aliphatic rings. The molecule has 1 saturated carbocycles. The van der Waals surface area contributed by atoms with Crippen LogP contribution >= 0.6 is 0 Å².